The smallest absolute Gasteiger partial charge is 0.407 e. The Bertz CT molecular complexity index is 717. The number of rotatable bonds is 34. The maximum absolute atomic E-state index is 11.6. The lowest BCUT2D eigenvalue weighted by Gasteiger charge is -2.09. The number of aliphatic hydroxyl groups excluding tert-OH is 1. The van der Waals surface area contributed by atoms with Gasteiger partial charge in [-0.3, -0.25) is 0 Å². The lowest BCUT2D eigenvalue weighted by molar-refractivity contribution is -0.0267. The summed E-state index contributed by atoms with van der Waals surface area (Å²) in [6.45, 7) is 10.0. The van der Waals surface area contributed by atoms with Gasteiger partial charge in [0.15, 0.2) is 0 Å². The summed E-state index contributed by atoms with van der Waals surface area (Å²) in [5.74, 6) is 0. The van der Waals surface area contributed by atoms with Gasteiger partial charge in [-0.05, 0) is 5.56 Å². The largest absolute Gasteiger partial charge is 0.445 e. The molecule has 0 unspecified atom stereocenters. The van der Waals surface area contributed by atoms with Gasteiger partial charge >= 0.3 is 6.09 Å². The Labute approximate surface area is 261 Å². The fourth-order valence-electron chi connectivity index (χ4n) is 3.15. The summed E-state index contributed by atoms with van der Waals surface area (Å²) in [5.41, 5.74) is 0.937. The van der Waals surface area contributed by atoms with E-state index in [0.717, 1.165) is 5.56 Å². The molecule has 14 heteroatoms. The molecule has 256 valence electrons. The molecule has 0 aliphatic heterocycles. The predicted molar refractivity (Wildman–Crippen MR) is 160 cm³/mol. The first kappa shape index (κ1) is 40.1. The zero-order valence-electron chi connectivity index (χ0n) is 26.0. The summed E-state index contributed by atoms with van der Waals surface area (Å²) in [7, 11) is 0. The monoisotopic (exact) mass is 635 g/mol. The molecule has 0 heterocycles. The van der Waals surface area contributed by atoms with Crippen LogP contribution in [0.3, 0.4) is 0 Å². The fraction of sp³-hybridized carbons (Fsp3) is 0.767. The molecule has 0 atom stereocenters. The molecule has 1 amide bonds. The van der Waals surface area contributed by atoms with Gasteiger partial charge in [0, 0.05) is 6.54 Å². The maximum Gasteiger partial charge on any atom is 0.407 e. The van der Waals surface area contributed by atoms with Crippen LogP contribution in [0.25, 0.3) is 0 Å². The second kappa shape index (κ2) is 33.9. The predicted octanol–water partition coefficient (Wildman–Crippen LogP) is 1.07. The van der Waals surface area contributed by atoms with E-state index >= 15 is 0 Å². The van der Waals surface area contributed by atoms with E-state index in [-0.39, 0.29) is 13.2 Å². The van der Waals surface area contributed by atoms with E-state index in [2.05, 4.69) is 5.32 Å². The molecule has 1 rings (SSSR count). The third-order valence-electron chi connectivity index (χ3n) is 5.31. The number of nitrogens with one attached hydrogen (secondary N) is 1. The van der Waals surface area contributed by atoms with Gasteiger partial charge in [0.25, 0.3) is 0 Å². The number of aliphatic hydroxyl groups is 1. The van der Waals surface area contributed by atoms with Crippen molar-refractivity contribution in [3.05, 3.63) is 35.9 Å². The van der Waals surface area contributed by atoms with Crippen LogP contribution in [0.5, 0.6) is 0 Å². The van der Waals surface area contributed by atoms with Crippen molar-refractivity contribution in [2.45, 2.75) is 6.61 Å². The molecule has 1 aromatic carbocycles. The number of benzene rings is 1. The van der Waals surface area contributed by atoms with Gasteiger partial charge in [-0.2, -0.15) is 0 Å². The first-order valence-corrected chi connectivity index (χ1v) is 15.2. The summed E-state index contributed by atoms with van der Waals surface area (Å²) >= 11 is 0. The normalized spacial score (nSPS) is 11.2. The highest BCUT2D eigenvalue weighted by Crippen LogP contribution is 2.00. The first-order chi connectivity index (χ1) is 21.8. The summed E-state index contributed by atoms with van der Waals surface area (Å²) in [6, 6.07) is 9.50. The highest BCUT2D eigenvalue weighted by molar-refractivity contribution is 5.67. The van der Waals surface area contributed by atoms with E-state index in [4.69, 9.17) is 57.2 Å². The minimum Gasteiger partial charge on any atom is -0.445 e. The Morgan fingerprint density at radius 1 is 0.477 bits per heavy atom. The molecule has 0 bridgehead atoms. The van der Waals surface area contributed by atoms with E-state index in [1.54, 1.807) is 0 Å². The van der Waals surface area contributed by atoms with E-state index < -0.39 is 6.09 Å². The Morgan fingerprint density at radius 2 is 0.795 bits per heavy atom. The quantitative estimate of drug-likeness (QED) is 0.104. The van der Waals surface area contributed by atoms with Crippen molar-refractivity contribution in [1.29, 1.82) is 0 Å². The lowest BCUT2D eigenvalue weighted by atomic mass is 10.2. The first-order valence-electron chi connectivity index (χ1n) is 15.2. The maximum atomic E-state index is 11.6. The third-order valence-corrected chi connectivity index (χ3v) is 5.31. The van der Waals surface area contributed by atoms with Crippen LogP contribution in [0.15, 0.2) is 30.3 Å². The Hall–Kier alpha value is -1.95. The number of ether oxygens (including phenoxy) is 11. The molecule has 0 aliphatic carbocycles. The zero-order valence-corrected chi connectivity index (χ0v) is 26.0. The van der Waals surface area contributed by atoms with Crippen LogP contribution >= 0.6 is 0 Å². The Kier molecular flexibility index (Phi) is 30.9. The number of carbonyl (C=O) groups excluding carboxylic acids is 1. The van der Waals surface area contributed by atoms with Gasteiger partial charge in [-0.25, -0.2) is 4.79 Å². The highest BCUT2D eigenvalue weighted by Gasteiger charge is 2.02. The summed E-state index contributed by atoms with van der Waals surface area (Å²) < 4.78 is 59.0. The van der Waals surface area contributed by atoms with E-state index in [1.165, 1.54) is 0 Å². The molecule has 14 nitrogen and oxygen atoms in total. The van der Waals surface area contributed by atoms with Crippen molar-refractivity contribution < 1.29 is 62.0 Å². The van der Waals surface area contributed by atoms with Crippen molar-refractivity contribution in [3.8, 4) is 0 Å². The van der Waals surface area contributed by atoms with Gasteiger partial charge in [0.1, 0.15) is 6.61 Å². The van der Waals surface area contributed by atoms with E-state index in [1.807, 2.05) is 30.3 Å². The average molecular weight is 636 g/mol. The van der Waals surface area contributed by atoms with Gasteiger partial charge in [-0.1, -0.05) is 30.3 Å². The second-order valence-corrected chi connectivity index (χ2v) is 8.84. The van der Waals surface area contributed by atoms with Crippen LogP contribution in [0.4, 0.5) is 4.79 Å². The van der Waals surface area contributed by atoms with E-state index in [0.29, 0.717) is 139 Å². The second-order valence-electron chi connectivity index (χ2n) is 8.84. The van der Waals surface area contributed by atoms with Gasteiger partial charge in [0.05, 0.1) is 139 Å². The number of hydrogen-bond donors (Lipinski definition) is 2. The lowest BCUT2D eigenvalue weighted by Crippen LogP contribution is -2.28. The fourth-order valence-corrected chi connectivity index (χ4v) is 3.15. The molecule has 0 aromatic heterocycles. The van der Waals surface area contributed by atoms with Crippen molar-refractivity contribution in [1.82, 2.24) is 5.32 Å². The molecule has 44 heavy (non-hydrogen) atoms. The zero-order chi connectivity index (χ0) is 31.4. The SMILES string of the molecule is O=C(NCCOCCOCCOCCOCCOCCOCCOCCOCCOCCOCCO)OCc1ccccc1. The number of carbonyl (C=O) groups is 1. The number of amides is 1. The average Bonchev–Trinajstić information content (AvgIpc) is 3.04. The molecular weight excluding hydrogens is 582 g/mol. The van der Waals surface area contributed by atoms with Gasteiger partial charge in [0.2, 0.25) is 0 Å². The standard InChI is InChI=1S/C30H53NO13/c32-7-9-35-11-13-37-15-17-39-19-21-41-23-25-43-27-26-42-24-22-40-20-18-38-16-14-36-12-10-34-8-6-31-30(33)44-28-29-4-2-1-3-5-29/h1-5,32H,6-28H2,(H,31,33). The summed E-state index contributed by atoms with van der Waals surface area (Å²) in [5, 5.41) is 11.2. The summed E-state index contributed by atoms with van der Waals surface area (Å²) in [6.07, 6.45) is -0.470. The van der Waals surface area contributed by atoms with Crippen LogP contribution in [0.2, 0.25) is 0 Å². The minimum atomic E-state index is -0.470. The van der Waals surface area contributed by atoms with Crippen LogP contribution in [0, 0.1) is 0 Å². The third kappa shape index (κ3) is 30.1. The van der Waals surface area contributed by atoms with Crippen LogP contribution in [-0.4, -0.2) is 156 Å². The Morgan fingerprint density at radius 3 is 1.14 bits per heavy atom. The summed E-state index contributed by atoms with van der Waals surface area (Å²) in [4.78, 5) is 11.6. The van der Waals surface area contributed by atoms with Crippen molar-refractivity contribution in [2.75, 3.05) is 145 Å². The van der Waals surface area contributed by atoms with E-state index in [9.17, 15) is 4.79 Å². The molecule has 0 spiro atoms. The van der Waals surface area contributed by atoms with Crippen LogP contribution < -0.4 is 5.32 Å². The van der Waals surface area contributed by atoms with Gasteiger partial charge < -0.3 is 62.5 Å². The minimum absolute atomic E-state index is 0.0216. The Balaban J connectivity index is 1.64. The highest BCUT2D eigenvalue weighted by atomic mass is 16.6. The molecule has 0 aliphatic rings. The molecule has 0 saturated carbocycles. The number of hydrogen-bond acceptors (Lipinski definition) is 13. The van der Waals surface area contributed by atoms with Crippen molar-refractivity contribution in [3.63, 3.8) is 0 Å². The molecule has 2 N–H and O–H groups in total. The van der Waals surface area contributed by atoms with Crippen LogP contribution in [0.1, 0.15) is 5.56 Å². The molecular formula is C30H53NO13. The molecule has 0 radical (unpaired) electrons. The van der Waals surface area contributed by atoms with Crippen LogP contribution in [-0.2, 0) is 58.7 Å². The van der Waals surface area contributed by atoms with Crippen molar-refractivity contribution in [2.24, 2.45) is 0 Å². The number of alkyl carbamates (subject to hydrolysis) is 1. The molecule has 0 saturated heterocycles. The topological polar surface area (TPSA) is 151 Å². The molecule has 1 aromatic rings. The molecule has 0 fully saturated rings. The van der Waals surface area contributed by atoms with Crippen molar-refractivity contribution >= 4 is 6.09 Å². The van der Waals surface area contributed by atoms with Gasteiger partial charge in [-0.15, -0.1) is 0 Å².